The van der Waals surface area contributed by atoms with Crippen molar-refractivity contribution in [2.45, 2.75) is 13.1 Å². The standard InChI is InChI=1S/C28H24F3N5O/c1-19-15-20(18-32)16-25-26(19)37-27(34-25)21-5-7-23(8-6-21)33-9-10-35-11-13-36(14-12-35)24-4-2-3-22(17-24)28(29,30)31/h3,5-8,15-17,33H,9-14H2,1H3. The van der Waals surface area contributed by atoms with Crippen LogP contribution >= 0.6 is 0 Å². The number of anilines is 2. The molecule has 0 unspecified atom stereocenters. The molecule has 0 saturated carbocycles. The molecule has 37 heavy (non-hydrogen) atoms. The van der Waals surface area contributed by atoms with Gasteiger partial charge in [0.1, 0.15) is 5.52 Å². The third-order valence-corrected chi connectivity index (χ3v) is 6.45. The average Bonchev–Trinajstić information content (AvgIpc) is 3.34. The Morgan fingerprint density at radius 1 is 1.11 bits per heavy atom. The number of benzene rings is 2. The van der Waals surface area contributed by atoms with E-state index in [1.165, 1.54) is 0 Å². The van der Waals surface area contributed by atoms with Gasteiger partial charge in [0.25, 0.3) is 0 Å². The maximum absolute atomic E-state index is 13.0. The maximum atomic E-state index is 13.0. The zero-order valence-electron chi connectivity index (χ0n) is 20.2. The molecule has 6 nitrogen and oxygen atoms in total. The number of piperazine rings is 1. The van der Waals surface area contributed by atoms with E-state index in [0.717, 1.165) is 55.1 Å². The predicted octanol–water partition coefficient (Wildman–Crippen LogP) is 5.53. The molecule has 0 amide bonds. The number of aromatic nitrogens is 1. The molecule has 4 aromatic rings. The smallest absolute Gasteiger partial charge is 0.417 e. The van der Waals surface area contributed by atoms with Gasteiger partial charge in [-0.15, -0.1) is 0 Å². The second-order valence-electron chi connectivity index (χ2n) is 9.00. The SMILES string of the molecule is Cc1cc(C#N)cc2nc(-c3ccc(NCCN4CCN(c5c#ccc(C(F)(F)F)c5)CC4)cc3)oc12. The van der Waals surface area contributed by atoms with Gasteiger partial charge in [0, 0.05) is 56.6 Å². The zero-order chi connectivity index (χ0) is 26.0. The summed E-state index contributed by atoms with van der Waals surface area (Å²) < 4.78 is 44.9. The molecule has 0 bridgehead atoms. The minimum atomic E-state index is -4.38. The lowest BCUT2D eigenvalue weighted by molar-refractivity contribution is -0.137. The Balaban J connectivity index is 1.12. The molecular weight excluding hydrogens is 479 g/mol. The van der Waals surface area contributed by atoms with Crippen molar-refractivity contribution in [3.63, 3.8) is 0 Å². The lowest BCUT2D eigenvalue weighted by atomic mass is 10.1. The molecule has 0 aliphatic carbocycles. The highest BCUT2D eigenvalue weighted by molar-refractivity contribution is 5.81. The number of rotatable bonds is 6. The number of hydrogen-bond donors (Lipinski definition) is 1. The molecule has 1 saturated heterocycles. The number of nitriles is 1. The topological polar surface area (TPSA) is 68.3 Å². The molecule has 1 aromatic heterocycles. The Bertz CT molecular complexity index is 1430. The summed E-state index contributed by atoms with van der Waals surface area (Å²) in [5, 5.41) is 12.6. The van der Waals surface area contributed by atoms with Crippen LogP contribution in [-0.4, -0.2) is 49.2 Å². The van der Waals surface area contributed by atoms with Crippen LogP contribution in [0, 0.1) is 30.4 Å². The van der Waals surface area contributed by atoms with E-state index in [2.05, 4.69) is 33.4 Å². The van der Waals surface area contributed by atoms with E-state index in [-0.39, 0.29) is 0 Å². The summed E-state index contributed by atoms with van der Waals surface area (Å²) >= 11 is 0. The monoisotopic (exact) mass is 503 g/mol. The van der Waals surface area contributed by atoms with E-state index < -0.39 is 11.7 Å². The fourth-order valence-electron chi connectivity index (χ4n) is 4.44. The van der Waals surface area contributed by atoms with Crippen molar-refractivity contribution in [2.24, 2.45) is 0 Å². The molecule has 5 rings (SSSR count). The van der Waals surface area contributed by atoms with Gasteiger partial charge in [0.05, 0.1) is 22.9 Å². The number of oxazole rings is 1. The summed E-state index contributed by atoms with van der Waals surface area (Å²) in [5.74, 6) is 0.508. The summed E-state index contributed by atoms with van der Waals surface area (Å²) in [6.45, 7) is 6.25. The van der Waals surface area contributed by atoms with Crippen molar-refractivity contribution in [1.82, 2.24) is 9.88 Å². The van der Waals surface area contributed by atoms with E-state index in [4.69, 9.17) is 9.68 Å². The van der Waals surface area contributed by atoms with E-state index in [1.54, 1.807) is 12.1 Å². The van der Waals surface area contributed by atoms with Crippen LogP contribution in [0.15, 0.2) is 52.9 Å². The third kappa shape index (κ3) is 5.47. The van der Waals surface area contributed by atoms with Crippen LogP contribution in [0.25, 0.3) is 22.6 Å². The molecule has 3 aromatic carbocycles. The molecule has 0 spiro atoms. The largest absolute Gasteiger partial charge is 0.436 e. The van der Waals surface area contributed by atoms with E-state index in [9.17, 15) is 13.2 Å². The van der Waals surface area contributed by atoms with Crippen molar-refractivity contribution in [2.75, 3.05) is 49.5 Å². The van der Waals surface area contributed by atoms with Gasteiger partial charge in [-0.2, -0.15) is 18.4 Å². The Hall–Kier alpha value is -4.21. The van der Waals surface area contributed by atoms with Crippen LogP contribution in [0.5, 0.6) is 0 Å². The molecule has 1 aliphatic heterocycles. The minimum absolute atomic E-state index is 0.437. The fraction of sp³-hybridized carbons (Fsp3) is 0.286. The Labute approximate surface area is 212 Å². The highest BCUT2D eigenvalue weighted by Crippen LogP contribution is 2.31. The Morgan fingerprint density at radius 2 is 1.86 bits per heavy atom. The zero-order valence-corrected chi connectivity index (χ0v) is 20.2. The van der Waals surface area contributed by atoms with Gasteiger partial charge < -0.3 is 14.6 Å². The Kier molecular flexibility index (Phi) is 6.64. The second kappa shape index (κ2) is 10.0. The van der Waals surface area contributed by atoms with E-state index >= 15 is 0 Å². The lowest BCUT2D eigenvalue weighted by Crippen LogP contribution is -2.47. The first-order valence-corrected chi connectivity index (χ1v) is 11.9. The summed E-state index contributed by atoms with van der Waals surface area (Å²) in [4.78, 5) is 8.74. The fourth-order valence-corrected chi connectivity index (χ4v) is 4.44. The van der Waals surface area contributed by atoms with Gasteiger partial charge in [-0.1, -0.05) is 6.07 Å². The van der Waals surface area contributed by atoms with Gasteiger partial charge in [0.2, 0.25) is 5.89 Å². The first-order valence-electron chi connectivity index (χ1n) is 11.9. The number of halogens is 3. The second-order valence-corrected chi connectivity index (χ2v) is 9.00. The van der Waals surface area contributed by atoms with Crippen LogP contribution in [0.1, 0.15) is 16.7 Å². The van der Waals surface area contributed by atoms with Gasteiger partial charge >= 0.3 is 6.18 Å². The van der Waals surface area contributed by atoms with Gasteiger partial charge in [-0.05, 0) is 61.0 Å². The van der Waals surface area contributed by atoms with Crippen LogP contribution in [0.2, 0.25) is 0 Å². The molecular formula is C28H24F3N5O. The summed E-state index contributed by atoms with van der Waals surface area (Å²) in [6.07, 6.45) is -4.38. The summed E-state index contributed by atoms with van der Waals surface area (Å²) in [5.41, 5.74) is 4.33. The van der Waals surface area contributed by atoms with Gasteiger partial charge in [0.15, 0.2) is 5.58 Å². The number of aryl methyl sites for hydroxylation is 1. The van der Waals surface area contributed by atoms with E-state index in [1.807, 2.05) is 36.1 Å². The van der Waals surface area contributed by atoms with Crippen LogP contribution in [-0.2, 0) is 6.18 Å². The lowest BCUT2D eigenvalue weighted by Gasteiger charge is -2.35. The van der Waals surface area contributed by atoms with Crippen LogP contribution in [0.4, 0.5) is 24.5 Å². The molecule has 9 heteroatoms. The minimum Gasteiger partial charge on any atom is -0.436 e. The summed E-state index contributed by atoms with van der Waals surface area (Å²) in [7, 11) is 0. The molecule has 0 atom stereocenters. The maximum Gasteiger partial charge on any atom is 0.417 e. The van der Waals surface area contributed by atoms with Crippen LogP contribution < -0.4 is 10.2 Å². The molecule has 1 fully saturated rings. The normalized spacial score (nSPS) is 14.4. The van der Waals surface area contributed by atoms with Crippen molar-refractivity contribution < 1.29 is 17.6 Å². The van der Waals surface area contributed by atoms with Crippen molar-refractivity contribution in [1.29, 1.82) is 5.26 Å². The molecule has 1 aliphatic rings. The van der Waals surface area contributed by atoms with Crippen molar-refractivity contribution in [3.05, 3.63) is 77.4 Å². The number of hydrogen-bond acceptors (Lipinski definition) is 6. The molecule has 0 radical (unpaired) electrons. The van der Waals surface area contributed by atoms with Gasteiger partial charge in [-0.25, -0.2) is 4.98 Å². The number of nitrogens with zero attached hydrogens (tertiary/aromatic N) is 4. The molecule has 2 heterocycles. The number of nitrogens with one attached hydrogen (secondary N) is 1. The highest BCUT2D eigenvalue weighted by atomic mass is 19.4. The van der Waals surface area contributed by atoms with Crippen molar-refractivity contribution in [3.8, 4) is 17.5 Å². The predicted molar refractivity (Wildman–Crippen MR) is 135 cm³/mol. The van der Waals surface area contributed by atoms with Crippen molar-refractivity contribution >= 4 is 22.5 Å². The molecule has 188 valence electrons. The van der Waals surface area contributed by atoms with Crippen LogP contribution in [0.3, 0.4) is 0 Å². The van der Waals surface area contributed by atoms with E-state index in [0.29, 0.717) is 41.3 Å². The quantitative estimate of drug-likeness (QED) is 0.373. The third-order valence-electron chi connectivity index (χ3n) is 6.45. The first kappa shape index (κ1) is 24.5. The average molecular weight is 504 g/mol. The Morgan fingerprint density at radius 3 is 2.57 bits per heavy atom. The number of alkyl halides is 3. The molecule has 1 N–H and O–H groups in total. The summed E-state index contributed by atoms with van der Waals surface area (Å²) in [6, 6.07) is 20.8. The number of fused-ring (bicyclic) bond motifs is 1. The highest BCUT2D eigenvalue weighted by Gasteiger charge is 2.31. The van der Waals surface area contributed by atoms with Gasteiger partial charge in [-0.3, -0.25) is 4.90 Å². The first-order chi connectivity index (χ1) is 17.8.